The number of hydrogen-bond acceptors (Lipinski definition) is 2. The van der Waals surface area contributed by atoms with Gasteiger partial charge in [-0.2, -0.15) is 0 Å². The van der Waals surface area contributed by atoms with Crippen LogP contribution in [0.4, 0.5) is 0 Å². The number of piperazine rings is 1. The summed E-state index contributed by atoms with van der Waals surface area (Å²) in [6.07, 6.45) is 8.30. The first kappa shape index (κ1) is 14.3. The van der Waals surface area contributed by atoms with Crippen LogP contribution in [0, 0.1) is 5.41 Å². The topological polar surface area (TPSA) is 15.3 Å². The second-order valence-electron chi connectivity index (χ2n) is 7.57. The molecular formula is C16H32N2. The molecule has 2 fully saturated rings. The number of hydrogen-bond donors (Lipinski definition) is 1. The molecule has 0 radical (unpaired) electrons. The molecule has 2 heteroatoms. The predicted molar refractivity (Wildman–Crippen MR) is 78.9 cm³/mol. The fraction of sp³-hybridized carbons (Fsp3) is 1.00. The summed E-state index contributed by atoms with van der Waals surface area (Å²) in [4.78, 5) is 2.80. The lowest BCUT2D eigenvalue weighted by atomic mass is 9.81. The standard InChI is InChI=1S/C16H32N2/c1-5-6-11-18-13-16(9-7-8-10-16)17-12-14(18)15(2,3)4/h14,17H,5-13H2,1-4H3. The summed E-state index contributed by atoms with van der Waals surface area (Å²) in [5.74, 6) is 0. The maximum absolute atomic E-state index is 3.92. The molecule has 0 aromatic rings. The highest BCUT2D eigenvalue weighted by atomic mass is 15.3. The summed E-state index contributed by atoms with van der Waals surface area (Å²) in [5, 5.41) is 3.92. The van der Waals surface area contributed by atoms with Crippen molar-refractivity contribution in [2.75, 3.05) is 19.6 Å². The first-order valence-corrected chi connectivity index (χ1v) is 7.96. The fourth-order valence-corrected chi connectivity index (χ4v) is 3.83. The molecule has 1 unspecified atom stereocenters. The van der Waals surface area contributed by atoms with Crippen molar-refractivity contribution in [3.63, 3.8) is 0 Å². The van der Waals surface area contributed by atoms with Crippen molar-refractivity contribution in [2.45, 2.75) is 77.8 Å². The van der Waals surface area contributed by atoms with Gasteiger partial charge in [-0.1, -0.05) is 47.0 Å². The largest absolute Gasteiger partial charge is 0.308 e. The van der Waals surface area contributed by atoms with E-state index in [1.807, 2.05) is 0 Å². The molecule has 1 spiro atoms. The van der Waals surface area contributed by atoms with Crippen molar-refractivity contribution in [3.8, 4) is 0 Å². The summed E-state index contributed by atoms with van der Waals surface area (Å²) in [6.45, 7) is 13.3. The summed E-state index contributed by atoms with van der Waals surface area (Å²) >= 11 is 0. The van der Waals surface area contributed by atoms with E-state index in [4.69, 9.17) is 0 Å². The van der Waals surface area contributed by atoms with Crippen molar-refractivity contribution >= 4 is 0 Å². The first-order chi connectivity index (χ1) is 8.47. The Labute approximate surface area is 114 Å². The second-order valence-corrected chi connectivity index (χ2v) is 7.57. The molecular weight excluding hydrogens is 220 g/mol. The molecule has 1 aliphatic carbocycles. The van der Waals surface area contributed by atoms with Gasteiger partial charge in [0.1, 0.15) is 0 Å². The van der Waals surface area contributed by atoms with Crippen LogP contribution in [0.2, 0.25) is 0 Å². The van der Waals surface area contributed by atoms with E-state index in [-0.39, 0.29) is 0 Å². The minimum absolute atomic E-state index is 0.390. The third kappa shape index (κ3) is 3.08. The van der Waals surface area contributed by atoms with Gasteiger partial charge in [-0.15, -0.1) is 0 Å². The number of nitrogens with one attached hydrogen (secondary N) is 1. The maximum atomic E-state index is 3.92. The highest BCUT2D eigenvalue weighted by Crippen LogP contribution is 2.36. The smallest absolute Gasteiger partial charge is 0.0309 e. The molecule has 0 aromatic carbocycles. The quantitative estimate of drug-likeness (QED) is 0.828. The van der Waals surface area contributed by atoms with Gasteiger partial charge in [0, 0.05) is 24.7 Å². The lowest BCUT2D eigenvalue weighted by Crippen LogP contribution is -2.66. The number of rotatable bonds is 3. The van der Waals surface area contributed by atoms with Crippen LogP contribution in [0.5, 0.6) is 0 Å². The van der Waals surface area contributed by atoms with Crippen LogP contribution >= 0.6 is 0 Å². The molecule has 18 heavy (non-hydrogen) atoms. The lowest BCUT2D eigenvalue weighted by Gasteiger charge is -2.51. The minimum Gasteiger partial charge on any atom is -0.308 e. The van der Waals surface area contributed by atoms with Crippen LogP contribution in [0.25, 0.3) is 0 Å². The van der Waals surface area contributed by atoms with Gasteiger partial charge >= 0.3 is 0 Å². The molecule has 1 heterocycles. The molecule has 1 saturated heterocycles. The van der Waals surface area contributed by atoms with E-state index in [0.717, 1.165) is 0 Å². The Morgan fingerprint density at radius 1 is 1.22 bits per heavy atom. The second kappa shape index (κ2) is 5.50. The molecule has 2 aliphatic rings. The van der Waals surface area contributed by atoms with Crippen molar-refractivity contribution in [1.29, 1.82) is 0 Å². The fourth-order valence-electron chi connectivity index (χ4n) is 3.83. The van der Waals surface area contributed by atoms with Crippen LogP contribution < -0.4 is 5.32 Å². The van der Waals surface area contributed by atoms with E-state index in [9.17, 15) is 0 Å². The van der Waals surface area contributed by atoms with Crippen LogP contribution in [0.3, 0.4) is 0 Å². The van der Waals surface area contributed by atoms with Crippen molar-refractivity contribution in [3.05, 3.63) is 0 Å². The molecule has 2 rings (SSSR count). The van der Waals surface area contributed by atoms with E-state index < -0.39 is 0 Å². The SMILES string of the molecule is CCCCN1CC2(CCCC2)NCC1C(C)(C)C. The van der Waals surface area contributed by atoms with Gasteiger partial charge in [-0.25, -0.2) is 0 Å². The van der Waals surface area contributed by atoms with E-state index in [1.165, 1.54) is 58.2 Å². The van der Waals surface area contributed by atoms with Crippen LogP contribution in [-0.2, 0) is 0 Å². The van der Waals surface area contributed by atoms with Gasteiger partial charge in [0.05, 0.1) is 0 Å². The van der Waals surface area contributed by atoms with E-state index in [1.54, 1.807) is 0 Å². The Balaban J connectivity index is 2.05. The Morgan fingerprint density at radius 2 is 1.89 bits per heavy atom. The maximum Gasteiger partial charge on any atom is 0.0309 e. The average Bonchev–Trinajstić information content (AvgIpc) is 2.73. The third-order valence-corrected chi connectivity index (χ3v) is 4.98. The number of unbranched alkanes of at least 4 members (excludes halogenated alkanes) is 1. The zero-order valence-corrected chi connectivity index (χ0v) is 12.9. The molecule has 106 valence electrons. The predicted octanol–water partition coefficient (Wildman–Crippen LogP) is 3.42. The van der Waals surface area contributed by atoms with Crippen molar-refractivity contribution in [1.82, 2.24) is 10.2 Å². The van der Waals surface area contributed by atoms with E-state index in [0.29, 0.717) is 17.0 Å². The zero-order chi connectivity index (χ0) is 13.2. The summed E-state index contributed by atoms with van der Waals surface area (Å²) in [6, 6.07) is 0.704. The molecule has 1 aliphatic heterocycles. The zero-order valence-electron chi connectivity index (χ0n) is 12.9. The molecule has 0 amide bonds. The summed E-state index contributed by atoms with van der Waals surface area (Å²) in [5.41, 5.74) is 0.858. The van der Waals surface area contributed by atoms with Crippen LogP contribution in [0.1, 0.15) is 66.2 Å². The molecule has 1 saturated carbocycles. The van der Waals surface area contributed by atoms with Crippen molar-refractivity contribution in [2.24, 2.45) is 5.41 Å². The molecule has 1 N–H and O–H groups in total. The van der Waals surface area contributed by atoms with E-state index >= 15 is 0 Å². The Kier molecular flexibility index (Phi) is 4.38. The highest BCUT2D eigenvalue weighted by molar-refractivity contribution is 5.03. The highest BCUT2D eigenvalue weighted by Gasteiger charge is 2.43. The van der Waals surface area contributed by atoms with Crippen molar-refractivity contribution < 1.29 is 0 Å². The Hall–Kier alpha value is -0.0800. The summed E-state index contributed by atoms with van der Waals surface area (Å²) in [7, 11) is 0. The van der Waals surface area contributed by atoms with Gasteiger partial charge in [0.2, 0.25) is 0 Å². The molecule has 0 aromatic heterocycles. The number of nitrogens with zero attached hydrogens (tertiary/aromatic N) is 1. The van der Waals surface area contributed by atoms with Crippen LogP contribution in [0.15, 0.2) is 0 Å². The van der Waals surface area contributed by atoms with E-state index in [2.05, 4.69) is 37.9 Å². The lowest BCUT2D eigenvalue weighted by molar-refractivity contribution is 0.0230. The van der Waals surface area contributed by atoms with Gasteiger partial charge in [0.15, 0.2) is 0 Å². The summed E-state index contributed by atoms with van der Waals surface area (Å²) < 4.78 is 0. The normalized spacial score (nSPS) is 29.0. The van der Waals surface area contributed by atoms with Crippen LogP contribution in [-0.4, -0.2) is 36.1 Å². The van der Waals surface area contributed by atoms with Gasteiger partial charge in [-0.3, -0.25) is 4.90 Å². The average molecular weight is 252 g/mol. The first-order valence-electron chi connectivity index (χ1n) is 7.96. The Morgan fingerprint density at radius 3 is 2.44 bits per heavy atom. The molecule has 0 bridgehead atoms. The molecule has 1 atom stereocenters. The van der Waals surface area contributed by atoms with Gasteiger partial charge in [0.25, 0.3) is 0 Å². The monoisotopic (exact) mass is 252 g/mol. The Bertz CT molecular complexity index is 261. The van der Waals surface area contributed by atoms with Gasteiger partial charge in [-0.05, 0) is 31.2 Å². The third-order valence-electron chi connectivity index (χ3n) is 4.98. The molecule has 2 nitrogen and oxygen atoms in total. The van der Waals surface area contributed by atoms with Gasteiger partial charge < -0.3 is 5.32 Å². The minimum atomic E-state index is 0.390.